The van der Waals surface area contributed by atoms with Crippen LogP contribution in [0.4, 0.5) is 5.82 Å². The molecule has 1 heterocycles. The molecule has 0 radical (unpaired) electrons. The lowest BCUT2D eigenvalue weighted by molar-refractivity contribution is -0.148. The third kappa shape index (κ3) is 4.87. The zero-order chi connectivity index (χ0) is 21.0. The Morgan fingerprint density at radius 1 is 1.07 bits per heavy atom. The monoisotopic (exact) mass is 414 g/mol. The van der Waals surface area contributed by atoms with E-state index in [0.717, 1.165) is 0 Å². The van der Waals surface area contributed by atoms with Gasteiger partial charge < -0.3 is 10.5 Å². The van der Waals surface area contributed by atoms with Crippen LogP contribution in [-0.2, 0) is 26.2 Å². The second-order valence-electron chi connectivity index (χ2n) is 6.81. The van der Waals surface area contributed by atoms with Crippen LogP contribution >= 0.6 is 0 Å². The van der Waals surface area contributed by atoms with Gasteiger partial charge in [-0.1, -0.05) is 44.2 Å². The van der Waals surface area contributed by atoms with Crippen LogP contribution in [0.1, 0.15) is 19.7 Å². The molecule has 0 aliphatic heterocycles. The molecule has 1 atom stereocenters. The van der Waals surface area contributed by atoms with Gasteiger partial charge >= 0.3 is 5.97 Å². The van der Waals surface area contributed by atoms with E-state index in [4.69, 9.17) is 10.5 Å². The summed E-state index contributed by atoms with van der Waals surface area (Å²) in [4.78, 5) is 21.1. The number of ether oxygens (including phenoxy) is 1. The molecule has 3 aromatic rings. The number of carbonyl (C=O) groups is 1. The summed E-state index contributed by atoms with van der Waals surface area (Å²) in [6.07, 6.45) is 0. The topological polar surface area (TPSA) is 124 Å². The van der Waals surface area contributed by atoms with E-state index in [0.29, 0.717) is 10.9 Å². The zero-order valence-electron chi connectivity index (χ0n) is 16.1. The minimum atomic E-state index is -3.87. The van der Waals surface area contributed by atoms with Crippen LogP contribution in [0.25, 0.3) is 10.9 Å². The van der Waals surface area contributed by atoms with Gasteiger partial charge in [-0.25, -0.2) is 18.4 Å². The first-order valence-corrected chi connectivity index (χ1v) is 10.5. The molecule has 1 aromatic heterocycles. The Morgan fingerprint density at radius 2 is 1.72 bits per heavy atom. The Labute approximate surface area is 169 Å². The maximum atomic E-state index is 12.6. The Hall–Kier alpha value is -3.04. The molecule has 0 saturated carbocycles. The zero-order valence-corrected chi connectivity index (χ0v) is 16.9. The molecule has 0 bridgehead atoms. The number of sulfonamides is 1. The number of nitrogen functional groups attached to an aromatic ring is 1. The summed E-state index contributed by atoms with van der Waals surface area (Å²) in [5.74, 6) is -0.520. The van der Waals surface area contributed by atoms with Gasteiger partial charge in [-0.05, 0) is 30.2 Å². The highest BCUT2D eigenvalue weighted by atomic mass is 32.2. The van der Waals surface area contributed by atoms with Gasteiger partial charge in [0.2, 0.25) is 10.0 Å². The number of hydrogen-bond acceptors (Lipinski definition) is 7. The lowest BCUT2D eigenvalue weighted by Crippen LogP contribution is -2.45. The number of esters is 1. The van der Waals surface area contributed by atoms with E-state index < -0.39 is 22.0 Å². The molecule has 0 aliphatic carbocycles. The Kier molecular flexibility index (Phi) is 6.09. The summed E-state index contributed by atoms with van der Waals surface area (Å²) < 4.78 is 32.8. The second kappa shape index (κ2) is 8.54. The second-order valence-corrected chi connectivity index (χ2v) is 8.52. The van der Waals surface area contributed by atoms with Crippen molar-refractivity contribution in [2.75, 3.05) is 5.73 Å². The fraction of sp³-hybridized carbons (Fsp3) is 0.250. The number of benzene rings is 2. The average Bonchev–Trinajstić information content (AvgIpc) is 2.71. The number of nitrogens with zero attached hydrogens (tertiary/aromatic N) is 2. The molecule has 0 spiro atoms. The molecule has 0 aliphatic rings. The van der Waals surface area contributed by atoms with Crippen LogP contribution in [0.15, 0.2) is 59.5 Å². The predicted octanol–water partition coefficient (Wildman–Crippen LogP) is 2.26. The lowest BCUT2D eigenvalue weighted by Gasteiger charge is -2.20. The minimum Gasteiger partial charge on any atom is -0.456 e. The van der Waals surface area contributed by atoms with Crippen LogP contribution in [0, 0.1) is 5.92 Å². The molecular weight excluding hydrogens is 392 g/mol. The number of para-hydroxylation sites is 1. The molecule has 8 nitrogen and oxygen atoms in total. The first-order valence-electron chi connectivity index (χ1n) is 9.03. The van der Waals surface area contributed by atoms with Crippen molar-refractivity contribution in [1.29, 1.82) is 0 Å². The van der Waals surface area contributed by atoms with Crippen molar-refractivity contribution in [2.24, 2.45) is 5.92 Å². The molecule has 0 unspecified atom stereocenters. The maximum Gasteiger partial charge on any atom is 0.324 e. The SMILES string of the molecule is CC(C)[C@@H](NS(=O)(=O)c1ccccc1)C(=O)OCc1nc(N)c2ccccc2n1. The third-order valence-electron chi connectivity index (χ3n) is 4.28. The van der Waals surface area contributed by atoms with Gasteiger partial charge in [0.1, 0.15) is 11.9 Å². The largest absolute Gasteiger partial charge is 0.456 e. The van der Waals surface area contributed by atoms with Gasteiger partial charge in [-0.15, -0.1) is 0 Å². The Bertz CT molecular complexity index is 1120. The number of aromatic nitrogens is 2. The molecule has 29 heavy (non-hydrogen) atoms. The standard InChI is InChI=1S/C20H22N4O4S/c1-13(2)18(24-29(26,27)14-8-4-3-5-9-14)20(25)28-12-17-22-16-11-7-6-10-15(16)19(21)23-17/h3-11,13,18,24H,12H2,1-2H3,(H2,21,22,23)/t18-/m1/s1. The first kappa shape index (κ1) is 20.7. The number of carbonyl (C=O) groups excluding carboxylic acids is 1. The fourth-order valence-corrected chi connectivity index (χ4v) is 4.09. The quantitative estimate of drug-likeness (QED) is 0.568. The van der Waals surface area contributed by atoms with E-state index in [2.05, 4.69) is 14.7 Å². The summed E-state index contributed by atoms with van der Waals surface area (Å²) in [6, 6.07) is 14.0. The van der Waals surface area contributed by atoms with Crippen LogP contribution < -0.4 is 10.5 Å². The van der Waals surface area contributed by atoms with Crippen LogP contribution in [0.5, 0.6) is 0 Å². The Morgan fingerprint density at radius 3 is 2.41 bits per heavy atom. The number of nitrogens with one attached hydrogen (secondary N) is 1. The van der Waals surface area contributed by atoms with Crippen molar-refractivity contribution < 1.29 is 17.9 Å². The average molecular weight is 414 g/mol. The maximum absolute atomic E-state index is 12.6. The number of fused-ring (bicyclic) bond motifs is 1. The van der Waals surface area contributed by atoms with Gasteiger partial charge in [0.25, 0.3) is 0 Å². The van der Waals surface area contributed by atoms with E-state index in [1.54, 1.807) is 44.2 Å². The van der Waals surface area contributed by atoms with E-state index in [-0.39, 0.29) is 29.1 Å². The smallest absolute Gasteiger partial charge is 0.324 e. The molecule has 2 aromatic carbocycles. The van der Waals surface area contributed by atoms with Crippen molar-refractivity contribution in [2.45, 2.75) is 31.4 Å². The van der Waals surface area contributed by atoms with Gasteiger partial charge in [-0.3, -0.25) is 4.79 Å². The lowest BCUT2D eigenvalue weighted by atomic mass is 10.1. The summed E-state index contributed by atoms with van der Waals surface area (Å²) in [5.41, 5.74) is 6.57. The van der Waals surface area contributed by atoms with Crippen LogP contribution in [0.2, 0.25) is 0 Å². The molecule has 0 saturated heterocycles. The van der Waals surface area contributed by atoms with E-state index >= 15 is 0 Å². The molecule has 0 fully saturated rings. The first-order chi connectivity index (χ1) is 13.8. The molecule has 3 rings (SSSR count). The van der Waals surface area contributed by atoms with Crippen molar-refractivity contribution >= 4 is 32.7 Å². The molecule has 9 heteroatoms. The summed E-state index contributed by atoms with van der Waals surface area (Å²) >= 11 is 0. The molecule has 152 valence electrons. The van der Waals surface area contributed by atoms with Crippen molar-refractivity contribution in [3.63, 3.8) is 0 Å². The number of rotatable bonds is 7. The summed E-state index contributed by atoms with van der Waals surface area (Å²) in [5, 5.41) is 0.707. The van der Waals surface area contributed by atoms with E-state index in [9.17, 15) is 13.2 Å². The highest BCUT2D eigenvalue weighted by molar-refractivity contribution is 7.89. The van der Waals surface area contributed by atoms with Crippen molar-refractivity contribution in [3.05, 3.63) is 60.4 Å². The number of nitrogens with two attached hydrogens (primary N) is 1. The highest BCUT2D eigenvalue weighted by Crippen LogP contribution is 2.18. The van der Waals surface area contributed by atoms with Crippen LogP contribution in [0.3, 0.4) is 0 Å². The summed E-state index contributed by atoms with van der Waals surface area (Å²) in [7, 11) is -3.87. The van der Waals surface area contributed by atoms with Gasteiger partial charge in [0, 0.05) is 5.39 Å². The highest BCUT2D eigenvalue weighted by Gasteiger charge is 2.29. The van der Waals surface area contributed by atoms with E-state index in [1.165, 1.54) is 12.1 Å². The molecule has 0 amide bonds. The fourth-order valence-electron chi connectivity index (χ4n) is 2.73. The van der Waals surface area contributed by atoms with Crippen molar-refractivity contribution in [1.82, 2.24) is 14.7 Å². The predicted molar refractivity (Wildman–Crippen MR) is 109 cm³/mol. The Balaban J connectivity index is 1.74. The van der Waals surface area contributed by atoms with Crippen LogP contribution in [-0.4, -0.2) is 30.4 Å². The minimum absolute atomic E-state index is 0.0732. The van der Waals surface area contributed by atoms with Gasteiger partial charge in [-0.2, -0.15) is 4.72 Å². The van der Waals surface area contributed by atoms with Gasteiger partial charge in [0.15, 0.2) is 12.4 Å². The molecular formula is C20H22N4O4S. The third-order valence-corrected chi connectivity index (χ3v) is 5.74. The van der Waals surface area contributed by atoms with Gasteiger partial charge in [0.05, 0.1) is 10.4 Å². The van der Waals surface area contributed by atoms with Crippen molar-refractivity contribution in [3.8, 4) is 0 Å². The summed E-state index contributed by atoms with van der Waals surface area (Å²) in [6.45, 7) is 3.23. The number of hydrogen-bond donors (Lipinski definition) is 2. The molecule has 3 N–H and O–H groups in total. The van der Waals surface area contributed by atoms with E-state index in [1.807, 2.05) is 12.1 Å². The normalized spacial score (nSPS) is 12.8. The number of anilines is 1.